The molecule has 1 aromatic rings. The summed E-state index contributed by atoms with van der Waals surface area (Å²) in [7, 11) is 1.61. The number of ether oxygens (including phenoxy) is 3. The quantitative estimate of drug-likeness (QED) is 0.843. The van der Waals surface area contributed by atoms with Crippen LogP contribution in [-0.4, -0.2) is 63.0 Å². The molecule has 1 heterocycles. The van der Waals surface area contributed by atoms with Crippen LogP contribution in [0.1, 0.15) is 0 Å². The van der Waals surface area contributed by atoms with E-state index in [4.69, 9.17) is 19.9 Å². The third-order valence-corrected chi connectivity index (χ3v) is 3.56. The maximum atomic E-state index is 11.8. The number of carbonyl (C=O) groups is 1. The van der Waals surface area contributed by atoms with Crippen molar-refractivity contribution < 1.29 is 19.0 Å². The molecule has 2 rings (SSSR count). The van der Waals surface area contributed by atoms with Gasteiger partial charge in [-0.2, -0.15) is 0 Å². The van der Waals surface area contributed by atoms with Gasteiger partial charge in [-0.15, -0.1) is 0 Å². The van der Waals surface area contributed by atoms with Gasteiger partial charge in [0.05, 0.1) is 26.3 Å². The summed E-state index contributed by atoms with van der Waals surface area (Å²) < 4.78 is 17.0. The van der Waals surface area contributed by atoms with Crippen molar-refractivity contribution in [1.29, 1.82) is 0 Å². The van der Waals surface area contributed by atoms with Crippen LogP contribution in [0.15, 0.2) is 30.3 Å². The van der Waals surface area contributed by atoms with E-state index in [2.05, 4.69) is 0 Å². The molecule has 0 unspecified atom stereocenters. The lowest BCUT2D eigenvalue weighted by atomic mass is 10.1. The van der Waals surface area contributed by atoms with Crippen LogP contribution in [0.3, 0.4) is 0 Å². The molecule has 0 bridgehead atoms. The Labute approximate surface area is 124 Å². The third kappa shape index (κ3) is 4.17. The highest BCUT2D eigenvalue weighted by Crippen LogP contribution is 2.19. The summed E-state index contributed by atoms with van der Waals surface area (Å²) in [5.74, 6) is 0.650. The van der Waals surface area contributed by atoms with Gasteiger partial charge in [-0.3, -0.25) is 4.79 Å². The molecule has 6 nitrogen and oxygen atoms in total. The van der Waals surface area contributed by atoms with Crippen molar-refractivity contribution in [3.05, 3.63) is 30.3 Å². The topological polar surface area (TPSA) is 74.0 Å². The first-order valence-corrected chi connectivity index (χ1v) is 6.98. The van der Waals surface area contributed by atoms with E-state index in [1.54, 1.807) is 12.0 Å². The van der Waals surface area contributed by atoms with E-state index in [0.717, 1.165) is 5.75 Å². The Kier molecular flexibility index (Phi) is 5.55. The maximum absolute atomic E-state index is 11.8. The van der Waals surface area contributed by atoms with Gasteiger partial charge >= 0.3 is 0 Å². The average Bonchev–Trinajstić information content (AvgIpc) is 2.76. The van der Waals surface area contributed by atoms with Gasteiger partial charge in [-0.05, 0) is 12.1 Å². The van der Waals surface area contributed by atoms with Gasteiger partial charge in [0, 0.05) is 13.7 Å². The summed E-state index contributed by atoms with van der Waals surface area (Å²) in [5.41, 5.74) is 4.76. The first kappa shape index (κ1) is 15.8. The van der Waals surface area contributed by atoms with Gasteiger partial charge in [0.25, 0.3) is 0 Å². The molecule has 0 aliphatic carbocycles. The summed E-state index contributed by atoms with van der Waals surface area (Å²) in [6.45, 7) is 2.08. The third-order valence-electron chi connectivity index (χ3n) is 3.56. The smallest absolute Gasteiger partial charge is 0.236 e. The number of para-hydroxylation sites is 1. The Morgan fingerprint density at radius 2 is 2.19 bits per heavy atom. The SMILES string of the molecule is CO[C@]1(COc2ccccc2)COCCN(C(=O)CN)C1. The van der Waals surface area contributed by atoms with Crippen LogP contribution in [0.25, 0.3) is 0 Å². The van der Waals surface area contributed by atoms with E-state index in [0.29, 0.717) is 32.9 Å². The minimum atomic E-state index is -0.683. The summed E-state index contributed by atoms with van der Waals surface area (Å²) in [5, 5.41) is 0. The molecule has 0 spiro atoms. The van der Waals surface area contributed by atoms with Crippen LogP contribution >= 0.6 is 0 Å². The molecule has 116 valence electrons. The Hall–Kier alpha value is -1.63. The lowest BCUT2D eigenvalue weighted by Crippen LogP contribution is -2.52. The maximum Gasteiger partial charge on any atom is 0.236 e. The van der Waals surface area contributed by atoms with E-state index >= 15 is 0 Å². The van der Waals surface area contributed by atoms with Gasteiger partial charge in [0.2, 0.25) is 5.91 Å². The van der Waals surface area contributed by atoms with E-state index in [-0.39, 0.29) is 12.5 Å². The van der Waals surface area contributed by atoms with Crippen LogP contribution in [0.5, 0.6) is 5.75 Å². The fourth-order valence-corrected chi connectivity index (χ4v) is 2.25. The minimum absolute atomic E-state index is 0.0145. The average molecular weight is 294 g/mol. The van der Waals surface area contributed by atoms with Gasteiger partial charge < -0.3 is 24.8 Å². The Bertz CT molecular complexity index is 454. The molecule has 6 heteroatoms. The van der Waals surface area contributed by atoms with Crippen molar-refractivity contribution >= 4 is 5.91 Å². The van der Waals surface area contributed by atoms with E-state index in [1.807, 2.05) is 30.3 Å². The standard InChI is InChI=1S/C15H22N2O4/c1-19-15(12-21-13-5-3-2-4-6-13)10-17(14(18)9-16)7-8-20-11-15/h2-6H,7-12,16H2,1H3/t15-/m0/s1. The Morgan fingerprint density at radius 1 is 1.43 bits per heavy atom. The zero-order valence-electron chi connectivity index (χ0n) is 12.3. The van der Waals surface area contributed by atoms with Crippen molar-refractivity contribution in [3.8, 4) is 5.75 Å². The van der Waals surface area contributed by atoms with Crippen molar-refractivity contribution in [2.75, 3.05) is 46.6 Å². The zero-order valence-corrected chi connectivity index (χ0v) is 12.3. The second kappa shape index (κ2) is 7.40. The molecule has 1 fully saturated rings. The van der Waals surface area contributed by atoms with Gasteiger partial charge in [0.1, 0.15) is 18.0 Å². The number of nitrogens with zero attached hydrogens (tertiary/aromatic N) is 1. The highest BCUT2D eigenvalue weighted by Gasteiger charge is 2.37. The fourth-order valence-electron chi connectivity index (χ4n) is 2.25. The van der Waals surface area contributed by atoms with Gasteiger partial charge in [-0.25, -0.2) is 0 Å². The Balaban J connectivity index is 2.05. The zero-order chi connectivity index (χ0) is 15.1. The first-order valence-electron chi connectivity index (χ1n) is 6.98. The van der Waals surface area contributed by atoms with Crippen LogP contribution in [0, 0.1) is 0 Å². The minimum Gasteiger partial charge on any atom is -0.490 e. The molecule has 1 atom stereocenters. The number of amides is 1. The van der Waals surface area contributed by atoms with Crippen LogP contribution in [-0.2, 0) is 14.3 Å². The number of nitrogens with two attached hydrogens (primary N) is 1. The Morgan fingerprint density at radius 3 is 2.86 bits per heavy atom. The highest BCUT2D eigenvalue weighted by molar-refractivity contribution is 5.78. The molecule has 0 radical (unpaired) electrons. The number of hydrogen-bond donors (Lipinski definition) is 1. The molecule has 1 aliphatic heterocycles. The van der Waals surface area contributed by atoms with Crippen LogP contribution in [0.4, 0.5) is 0 Å². The normalized spacial score (nSPS) is 22.7. The summed E-state index contributed by atoms with van der Waals surface area (Å²) in [6.07, 6.45) is 0. The fraction of sp³-hybridized carbons (Fsp3) is 0.533. The van der Waals surface area contributed by atoms with Gasteiger partial charge in [0.15, 0.2) is 0 Å². The van der Waals surface area contributed by atoms with Crippen LogP contribution < -0.4 is 10.5 Å². The van der Waals surface area contributed by atoms with E-state index in [9.17, 15) is 4.79 Å². The highest BCUT2D eigenvalue weighted by atomic mass is 16.6. The van der Waals surface area contributed by atoms with Crippen molar-refractivity contribution in [2.45, 2.75) is 5.60 Å². The molecular weight excluding hydrogens is 272 g/mol. The van der Waals surface area contributed by atoms with E-state index in [1.165, 1.54) is 0 Å². The number of benzene rings is 1. The number of hydrogen-bond acceptors (Lipinski definition) is 5. The van der Waals surface area contributed by atoms with Crippen molar-refractivity contribution in [2.24, 2.45) is 5.73 Å². The lowest BCUT2D eigenvalue weighted by molar-refractivity contribution is -0.135. The molecule has 21 heavy (non-hydrogen) atoms. The summed E-state index contributed by atoms with van der Waals surface area (Å²) in [4.78, 5) is 13.5. The molecule has 1 aliphatic rings. The van der Waals surface area contributed by atoms with Gasteiger partial charge in [-0.1, -0.05) is 18.2 Å². The number of carbonyl (C=O) groups excluding carboxylic acids is 1. The lowest BCUT2D eigenvalue weighted by Gasteiger charge is -2.33. The molecule has 1 aromatic carbocycles. The second-order valence-electron chi connectivity index (χ2n) is 5.06. The molecule has 1 saturated heterocycles. The largest absolute Gasteiger partial charge is 0.490 e. The first-order chi connectivity index (χ1) is 10.2. The van der Waals surface area contributed by atoms with Crippen molar-refractivity contribution in [1.82, 2.24) is 4.90 Å². The molecule has 1 amide bonds. The monoisotopic (exact) mass is 294 g/mol. The predicted octanol–water partition coefficient (Wildman–Crippen LogP) is 0.268. The van der Waals surface area contributed by atoms with Crippen molar-refractivity contribution in [3.63, 3.8) is 0 Å². The number of methoxy groups -OCH3 is 1. The predicted molar refractivity (Wildman–Crippen MR) is 78.1 cm³/mol. The summed E-state index contributed by atoms with van der Waals surface area (Å²) >= 11 is 0. The van der Waals surface area contributed by atoms with E-state index < -0.39 is 5.60 Å². The summed E-state index contributed by atoms with van der Waals surface area (Å²) in [6, 6.07) is 9.49. The number of rotatable bonds is 5. The molecule has 0 aromatic heterocycles. The molecular formula is C15H22N2O4. The second-order valence-corrected chi connectivity index (χ2v) is 5.06. The van der Waals surface area contributed by atoms with Crippen LogP contribution in [0.2, 0.25) is 0 Å². The molecule has 0 saturated carbocycles. The molecule has 2 N–H and O–H groups in total.